The molecule has 1 amide bonds. The largest absolute Gasteiger partial charge is 0.444 e. The molecule has 0 saturated heterocycles. The monoisotopic (exact) mass is 380 g/mol. The van der Waals surface area contributed by atoms with Gasteiger partial charge in [0.2, 0.25) is 5.91 Å². The summed E-state index contributed by atoms with van der Waals surface area (Å²) in [4.78, 5) is 44.8. The number of aryl methyl sites for hydroxylation is 1. The van der Waals surface area contributed by atoms with Crippen molar-refractivity contribution in [2.75, 3.05) is 5.32 Å². The SMILES string of the molecule is Cn1c(=O)c2c(ncn2CC(=O)Nc2ccc(-c3cnco3)cc2)n(C)c1=O. The number of fused-ring (bicyclic) bond motifs is 1. The van der Waals surface area contributed by atoms with Gasteiger partial charge in [-0.3, -0.25) is 18.7 Å². The van der Waals surface area contributed by atoms with Crippen LogP contribution in [0, 0.1) is 0 Å². The molecular formula is C18H16N6O4. The third-order valence-electron chi connectivity index (χ3n) is 4.42. The maximum Gasteiger partial charge on any atom is 0.332 e. The molecule has 0 fully saturated rings. The van der Waals surface area contributed by atoms with Crippen molar-refractivity contribution in [1.82, 2.24) is 23.7 Å². The standard InChI is InChI=1S/C18H16N6O4/c1-22-16-15(17(26)23(2)18(22)27)24(9-20-16)8-14(25)21-12-5-3-11(4-6-12)13-7-19-10-28-13/h3-7,9-10H,8H2,1-2H3,(H,21,25). The maximum absolute atomic E-state index is 12.4. The normalized spacial score (nSPS) is 11.1. The Balaban J connectivity index is 1.56. The first-order chi connectivity index (χ1) is 13.5. The molecule has 28 heavy (non-hydrogen) atoms. The minimum Gasteiger partial charge on any atom is -0.444 e. The number of benzene rings is 1. The number of imidazole rings is 1. The Bertz CT molecular complexity index is 1280. The molecule has 0 saturated carbocycles. The Kier molecular flexibility index (Phi) is 4.15. The van der Waals surface area contributed by atoms with Gasteiger partial charge in [0.1, 0.15) is 6.54 Å². The van der Waals surface area contributed by atoms with Crippen molar-refractivity contribution < 1.29 is 9.21 Å². The average Bonchev–Trinajstić information content (AvgIpc) is 3.35. The van der Waals surface area contributed by atoms with Crippen LogP contribution in [-0.4, -0.2) is 29.6 Å². The predicted molar refractivity (Wildman–Crippen MR) is 101 cm³/mol. The van der Waals surface area contributed by atoms with Crippen LogP contribution >= 0.6 is 0 Å². The molecule has 0 spiro atoms. The second-order valence-electron chi connectivity index (χ2n) is 6.24. The van der Waals surface area contributed by atoms with Gasteiger partial charge in [0.15, 0.2) is 23.3 Å². The molecule has 3 aromatic heterocycles. The Morgan fingerprint density at radius 2 is 1.89 bits per heavy atom. The van der Waals surface area contributed by atoms with Crippen molar-refractivity contribution in [3.63, 3.8) is 0 Å². The van der Waals surface area contributed by atoms with Crippen molar-refractivity contribution in [3.05, 3.63) is 64.0 Å². The van der Waals surface area contributed by atoms with E-state index < -0.39 is 11.2 Å². The van der Waals surface area contributed by atoms with Gasteiger partial charge in [0.25, 0.3) is 5.56 Å². The van der Waals surface area contributed by atoms with Gasteiger partial charge in [-0.05, 0) is 24.3 Å². The number of aromatic nitrogens is 5. The molecular weight excluding hydrogens is 364 g/mol. The zero-order valence-corrected chi connectivity index (χ0v) is 15.1. The highest BCUT2D eigenvalue weighted by molar-refractivity contribution is 5.91. The highest BCUT2D eigenvalue weighted by atomic mass is 16.3. The quantitative estimate of drug-likeness (QED) is 0.558. The van der Waals surface area contributed by atoms with Crippen LogP contribution in [0.15, 0.2) is 57.2 Å². The summed E-state index contributed by atoms with van der Waals surface area (Å²) in [5.74, 6) is 0.298. The summed E-state index contributed by atoms with van der Waals surface area (Å²) in [6.45, 7) is -0.117. The van der Waals surface area contributed by atoms with Gasteiger partial charge in [-0.1, -0.05) is 0 Å². The molecule has 142 valence electrons. The molecule has 0 unspecified atom stereocenters. The van der Waals surface area contributed by atoms with E-state index in [0.29, 0.717) is 11.4 Å². The summed E-state index contributed by atoms with van der Waals surface area (Å²) in [6.07, 6.45) is 4.32. The van der Waals surface area contributed by atoms with Crippen LogP contribution in [0.1, 0.15) is 0 Å². The third-order valence-corrected chi connectivity index (χ3v) is 4.42. The van der Waals surface area contributed by atoms with Crippen molar-refractivity contribution >= 4 is 22.8 Å². The smallest absolute Gasteiger partial charge is 0.332 e. The highest BCUT2D eigenvalue weighted by Gasteiger charge is 2.16. The summed E-state index contributed by atoms with van der Waals surface area (Å²) >= 11 is 0. The summed E-state index contributed by atoms with van der Waals surface area (Å²) in [7, 11) is 2.91. The first-order valence-electron chi connectivity index (χ1n) is 8.35. The van der Waals surface area contributed by atoms with Crippen molar-refractivity contribution in [2.45, 2.75) is 6.54 Å². The van der Waals surface area contributed by atoms with Crippen LogP contribution < -0.4 is 16.6 Å². The van der Waals surface area contributed by atoms with Gasteiger partial charge in [0.05, 0.1) is 12.5 Å². The van der Waals surface area contributed by atoms with Crippen LogP contribution in [0.5, 0.6) is 0 Å². The topological polar surface area (TPSA) is 117 Å². The molecule has 1 N–H and O–H groups in total. The first kappa shape index (κ1) is 17.5. The van der Waals surface area contributed by atoms with Crippen LogP contribution in [-0.2, 0) is 25.4 Å². The lowest BCUT2D eigenvalue weighted by molar-refractivity contribution is -0.116. The number of rotatable bonds is 4. The van der Waals surface area contributed by atoms with Gasteiger partial charge in [-0.15, -0.1) is 0 Å². The van der Waals surface area contributed by atoms with Gasteiger partial charge >= 0.3 is 5.69 Å². The van der Waals surface area contributed by atoms with Gasteiger partial charge in [-0.2, -0.15) is 0 Å². The Morgan fingerprint density at radius 1 is 1.14 bits per heavy atom. The van der Waals surface area contributed by atoms with E-state index in [0.717, 1.165) is 10.1 Å². The van der Waals surface area contributed by atoms with Crippen LogP contribution in [0.2, 0.25) is 0 Å². The lowest BCUT2D eigenvalue weighted by Crippen LogP contribution is -2.37. The maximum atomic E-state index is 12.4. The van der Waals surface area contributed by atoms with Crippen molar-refractivity contribution in [3.8, 4) is 11.3 Å². The van der Waals surface area contributed by atoms with Gasteiger partial charge < -0.3 is 14.3 Å². The van der Waals surface area contributed by atoms with Crippen molar-refractivity contribution in [2.24, 2.45) is 14.1 Å². The number of amides is 1. The summed E-state index contributed by atoms with van der Waals surface area (Å²) in [5.41, 5.74) is 0.884. The second-order valence-corrected chi connectivity index (χ2v) is 6.24. The molecule has 0 aliphatic heterocycles. The van der Waals surface area contributed by atoms with E-state index in [2.05, 4.69) is 15.3 Å². The van der Waals surface area contributed by atoms with E-state index in [9.17, 15) is 14.4 Å². The number of hydrogen-bond donors (Lipinski definition) is 1. The fourth-order valence-corrected chi connectivity index (χ4v) is 2.95. The molecule has 0 bridgehead atoms. The van der Waals surface area contributed by atoms with Gasteiger partial charge in [-0.25, -0.2) is 14.8 Å². The van der Waals surface area contributed by atoms with E-state index in [1.807, 2.05) is 0 Å². The van der Waals surface area contributed by atoms with E-state index in [4.69, 9.17) is 4.42 Å². The highest BCUT2D eigenvalue weighted by Crippen LogP contribution is 2.20. The van der Waals surface area contributed by atoms with Crippen molar-refractivity contribution in [1.29, 1.82) is 0 Å². The summed E-state index contributed by atoms with van der Waals surface area (Å²) in [6, 6.07) is 7.08. The van der Waals surface area contributed by atoms with Crippen LogP contribution in [0.25, 0.3) is 22.5 Å². The number of nitrogens with zero attached hydrogens (tertiary/aromatic N) is 5. The predicted octanol–water partition coefficient (Wildman–Crippen LogP) is 0.727. The summed E-state index contributed by atoms with van der Waals surface area (Å²) < 4.78 is 8.91. The van der Waals surface area contributed by atoms with Crippen LogP contribution in [0.3, 0.4) is 0 Å². The molecule has 1 aromatic carbocycles. The number of nitrogens with one attached hydrogen (secondary N) is 1. The van der Waals surface area contributed by atoms with E-state index in [-0.39, 0.29) is 23.6 Å². The minimum atomic E-state index is -0.500. The number of carbonyl (C=O) groups excluding carboxylic acids is 1. The number of hydrogen-bond acceptors (Lipinski definition) is 6. The number of oxazole rings is 1. The molecule has 0 radical (unpaired) electrons. The molecule has 10 nitrogen and oxygen atoms in total. The first-order valence-corrected chi connectivity index (χ1v) is 8.35. The Labute approximate surface area is 157 Å². The fourth-order valence-electron chi connectivity index (χ4n) is 2.95. The van der Waals surface area contributed by atoms with E-state index in [1.54, 1.807) is 30.5 Å². The second kappa shape index (κ2) is 6.65. The summed E-state index contributed by atoms with van der Waals surface area (Å²) in [5, 5.41) is 2.77. The van der Waals surface area contributed by atoms with Crippen LogP contribution in [0.4, 0.5) is 5.69 Å². The average molecular weight is 380 g/mol. The van der Waals surface area contributed by atoms with Gasteiger partial charge in [0, 0.05) is 25.3 Å². The zero-order chi connectivity index (χ0) is 19.8. The molecule has 4 aromatic rings. The zero-order valence-electron chi connectivity index (χ0n) is 15.1. The number of carbonyl (C=O) groups is 1. The molecule has 3 heterocycles. The van der Waals surface area contributed by atoms with E-state index in [1.165, 1.54) is 36.0 Å². The molecule has 10 heteroatoms. The molecule has 4 rings (SSSR count). The lowest BCUT2D eigenvalue weighted by atomic mass is 10.2. The lowest BCUT2D eigenvalue weighted by Gasteiger charge is -2.08. The molecule has 0 aliphatic carbocycles. The Morgan fingerprint density at radius 3 is 2.57 bits per heavy atom. The third kappa shape index (κ3) is 2.90. The van der Waals surface area contributed by atoms with E-state index >= 15 is 0 Å². The fraction of sp³-hybridized carbons (Fsp3) is 0.167. The number of anilines is 1. The Hall–Kier alpha value is -3.95. The molecule has 0 aliphatic rings. The minimum absolute atomic E-state index is 0.117. The molecule has 0 atom stereocenters.